The Bertz CT molecular complexity index is 576. The molecule has 0 spiro atoms. The molecule has 0 aromatic carbocycles. The van der Waals surface area contributed by atoms with Crippen LogP contribution >= 0.6 is 11.3 Å². The molecular weight excluding hydrogens is 310 g/mol. The van der Waals surface area contributed by atoms with Crippen LogP contribution in [-0.4, -0.2) is 47.9 Å². The first-order chi connectivity index (χ1) is 11.0. The highest BCUT2D eigenvalue weighted by Gasteiger charge is 2.26. The molecule has 0 saturated carbocycles. The minimum atomic E-state index is -0.106. The van der Waals surface area contributed by atoms with Crippen molar-refractivity contribution in [2.45, 2.75) is 33.2 Å². The van der Waals surface area contributed by atoms with E-state index < -0.39 is 0 Å². The molecule has 0 aliphatic carbocycles. The molecule has 1 fully saturated rings. The molecule has 1 aromatic heterocycles. The van der Waals surface area contributed by atoms with E-state index in [1.54, 1.807) is 11.3 Å². The first-order valence-electron chi connectivity index (χ1n) is 8.38. The van der Waals surface area contributed by atoms with E-state index in [0.29, 0.717) is 18.4 Å². The van der Waals surface area contributed by atoms with Gasteiger partial charge in [-0.05, 0) is 41.7 Å². The van der Waals surface area contributed by atoms with Gasteiger partial charge in [-0.15, -0.1) is 11.3 Å². The van der Waals surface area contributed by atoms with Crippen LogP contribution in [0.2, 0.25) is 0 Å². The van der Waals surface area contributed by atoms with Crippen molar-refractivity contribution in [1.29, 1.82) is 0 Å². The van der Waals surface area contributed by atoms with Crippen LogP contribution in [0.15, 0.2) is 11.4 Å². The average molecular weight is 335 g/mol. The van der Waals surface area contributed by atoms with Gasteiger partial charge in [0.25, 0.3) is 0 Å². The van der Waals surface area contributed by atoms with Crippen molar-refractivity contribution < 1.29 is 9.59 Å². The third-order valence-corrected chi connectivity index (χ3v) is 5.73. The van der Waals surface area contributed by atoms with Crippen LogP contribution < -0.4 is 5.32 Å². The predicted octanol–water partition coefficient (Wildman–Crippen LogP) is 2.32. The molecule has 0 radical (unpaired) electrons. The SMILES string of the molecule is CC1CC(C)CN(C(=O)NCC(=O)N2CCc3sccc3C2)C1. The number of amides is 3. The van der Waals surface area contributed by atoms with Crippen molar-refractivity contribution in [2.24, 2.45) is 11.8 Å². The zero-order valence-corrected chi connectivity index (χ0v) is 14.7. The zero-order valence-electron chi connectivity index (χ0n) is 13.9. The molecule has 3 heterocycles. The van der Waals surface area contributed by atoms with E-state index in [4.69, 9.17) is 0 Å². The number of fused-ring (bicyclic) bond motifs is 1. The lowest BCUT2D eigenvalue weighted by molar-refractivity contribution is -0.131. The van der Waals surface area contributed by atoms with Gasteiger partial charge in [-0.1, -0.05) is 13.8 Å². The number of piperidine rings is 1. The molecule has 6 heteroatoms. The van der Waals surface area contributed by atoms with Crippen molar-refractivity contribution in [3.05, 3.63) is 21.9 Å². The molecule has 2 aliphatic rings. The second-order valence-corrected chi connectivity index (χ2v) is 7.94. The molecule has 3 amide bonds. The summed E-state index contributed by atoms with van der Waals surface area (Å²) in [6.45, 7) is 7.43. The van der Waals surface area contributed by atoms with Gasteiger partial charge in [0.15, 0.2) is 0 Å². The van der Waals surface area contributed by atoms with Gasteiger partial charge in [0.2, 0.25) is 5.91 Å². The summed E-state index contributed by atoms with van der Waals surface area (Å²) < 4.78 is 0. The average Bonchev–Trinajstić information content (AvgIpc) is 2.98. The predicted molar refractivity (Wildman–Crippen MR) is 91.4 cm³/mol. The number of rotatable bonds is 2. The molecule has 2 atom stereocenters. The number of likely N-dealkylation sites (tertiary alicyclic amines) is 1. The Labute approximate surface area is 141 Å². The molecule has 2 aliphatic heterocycles. The standard InChI is InChI=1S/C17H25N3O2S/c1-12-7-13(2)10-20(9-12)17(22)18-8-16(21)19-5-3-15-14(11-19)4-6-23-15/h4,6,12-13H,3,5,7-11H2,1-2H3,(H,18,22). The van der Waals surface area contributed by atoms with E-state index in [1.807, 2.05) is 9.80 Å². The number of nitrogens with one attached hydrogen (secondary N) is 1. The molecule has 5 nitrogen and oxygen atoms in total. The van der Waals surface area contributed by atoms with E-state index in [0.717, 1.165) is 26.1 Å². The van der Waals surface area contributed by atoms with Gasteiger partial charge >= 0.3 is 6.03 Å². The van der Waals surface area contributed by atoms with Gasteiger partial charge in [-0.3, -0.25) is 4.79 Å². The van der Waals surface area contributed by atoms with Crippen molar-refractivity contribution in [1.82, 2.24) is 15.1 Å². The first kappa shape index (κ1) is 16.3. The van der Waals surface area contributed by atoms with Crippen LogP contribution in [0.1, 0.15) is 30.7 Å². The van der Waals surface area contributed by atoms with Gasteiger partial charge in [0.1, 0.15) is 0 Å². The van der Waals surface area contributed by atoms with Crippen molar-refractivity contribution >= 4 is 23.3 Å². The summed E-state index contributed by atoms with van der Waals surface area (Å²) in [6.07, 6.45) is 2.09. The summed E-state index contributed by atoms with van der Waals surface area (Å²) in [6, 6.07) is 1.99. The fraction of sp³-hybridized carbons (Fsp3) is 0.647. The summed E-state index contributed by atoms with van der Waals surface area (Å²) in [5.74, 6) is 1.06. The van der Waals surface area contributed by atoms with E-state index in [9.17, 15) is 9.59 Å². The molecule has 2 unspecified atom stereocenters. The summed E-state index contributed by atoms with van der Waals surface area (Å²) in [5, 5.41) is 4.89. The van der Waals surface area contributed by atoms with E-state index in [-0.39, 0.29) is 18.5 Å². The summed E-state index contributed by atoms with van der Waals surface area (Å²) in [5.41, 5.74) is 1.25. The van der Waals surface area contributed by atoms with Crippen molar-refractivity contribution in [3.8, 4) is 0 Å². The highest BCUT2D eigenvalue weighted by Crippen LogP contribution is 2.24. The summed E-state index contributed by atoms with van der Waals surface area (Å²) >= 11 is 1.76. The van der Waals surface area contributed by atoms with Crippen molar-refractivity contribution in [2.75, 3.05) is 26.2 Å². The largest absolute Gasteiger partial charge is 0.336 e. The molecule has 3 rings (SSSR count). The zero-order chi connectivity index (χ0) is 16.4. The van der Waals surface area contributed by atoms with Crippen LogP contribution in [0.3, 0.4) is 0 Å². The number of thiophene rings is 1. The highest BCUT2D eigenvalue weighted by atomic mass is 32.1. The van der Waals surface area contributed by atoms with Gasteiger partial charge < -0.3 is 15.1 Å². The molecule has 23 heavy (non-hydrogen) atoms. The van der Waals surface area contributed by atoms with Gasteiger partial charge in [-0.25, -0.2) is 4.79 Å². The molecule has 1 saturated heterocycles. The Morgan fingerprint density at radius 1 is 1.26 bits per heavy atom. The fourth-order valence-corrected chi connectivity index (χ4v) is 4.55. The summed E-state index contributed by atoms with van der Waals surface area (Å²) in [4.78, 5) is 29.7. The van der Waals surface area contributed by atoms with Crippen LogP contribution in [-0.2, 0) is 17.8 Å². The molecule has 1 aromatic rings. The number of urea groups is 1. The monoisotopic (exact) mass is 335 g/mol. The fourth-order valence-electron chi connectivity index (χ4n) is 3.66. The molecule has 0 bridgehead atoms. The number of carbonyl (C=O) groups is 2. The minimum Gasteiger partial charge on any atom is -0.336 e. The second kappa shape index (κ2) is 6.91. The lowest BCUT2D eigenvalue weighted by Gasteiger charge is -2.35. The van der Waals surface area contributed by atoms with Gasteiger partial charge in [0, 0.05) is 31.1 Å². The smallest absolute Gasteiger partial charge is 0.317 e. The molecular formula is C17H25N3O2S. The maximum Gasteiger partial charge on any atom is 0.317 e. The number of hydrogen-bond donors (Lipinski definition) is 1. The third kappa shape index (κ3) is 3.86. The van der Waals surface area contributed by atoms with Gasteiger partial charge in [0.05, 0.1) is 6.54 Å². The summed E-state index contributed by atoms with van der Waals surface area (Å²) in [7, 11) is 0. The Hall–Kier alpha value is -1.56. The van der Waals surface area contributed by atoms with Crippen LogP contribution in [0.5, 0.6) is 0 Å². The Morgan fingerprint density at radius 2 is 2.00 bits per heavy atom. The molecule has 1 N–H and O–H groups in total. The lowest BCUT2D eigenvalue weighted by atomic mass is 9.92. The van der Waals surface area contributed by atoms with Crippen molar-refractivity contribution in [3.63, 3.8) is 0 Å². The Kier molecular flexibility index (Phi) is 4.90. The normalized spacial score (nSPS) is 24.3. The second-order valence-electron chi connectivity index (χ2n) is 6.94. The topological polar surface area (TPSA) is 52.7 Å². The maximum atomic E-state index is 12.3. The quantitative estimate of drug-likeness (QED) is 0.902. The number of nitrogens with zero attached hydrogens (tertiary/aromatic N) is 2. The number of hydrogen-bond acceptors (Lipinski definition) is 3. The lowest BCUT2D eigenvalue weighted by Crippen LogP contribution is -2.50. The highest BCUT2D eigenvalue weighted by molar-refractivity contribution is 7.10. The molecule has 126 valence electrons. The maximum absolute atomic E-state index is 12.3. The Morgan fingerprint density at radius 3 is 2.74 bits per heavy atom. The van der Waals surface area contributed by atoms with Crippen LogP contribution in [0, 0.1) is 11.8 Å². The van der Waals surface area contributed by atoms with E-state index in [2.05, 4.69) is 30.6 Å². The number of carbonyl (C=O) groups excluding carboxylic acids is 2. The van der Waals surface area contributed by atoms with E-state index in [1.165, 1.54) is 16.9 Å². The van der Waals surface area contributed by atoms with Gasteiger partial charge in [-0.2, -0.15) is 0 Å². The third-order valence-electron chi connectivity index (χ3n) is 4.71. The first-order valence-corrected chi connectivity index (χ1v) is 9.26. The van der Waals surface area contributed by atoms with Crippen LogP contribution in [0.4, 0.5) is 4.79 Å². The van der Waals surface area contributed by atoms with E-state index >= 15 is 0 Å². The minimum absolute atomic E-state index is 0.00769. The Balaban J connectivity index is 1.48. The van der Waals surface area contributed by atoms with Crippen LogP contribution in [0.25, 0.3) is 0 Å².